The van der Waals surface area contributed by atoms with Gasteiger partial charge in [0.25, 0.3) is 5.91 Å². The fraction of sp³-hybridized carbons (Fsp3) is 0.0455. The highest BCUT2D eigenvalue weighted by molar-refractivity contribution is 7.80. The molecule has 0 saturated heterocycles. The zero-order chi connectivity index (χ0) is 20.5. The first kappa shape index (κ1) is 20.0. The molecule has 0 radical (unpaired) electrons. The van der Waals surface area contributed by atoms with E-state index in [0.29, 0.717) is 17.0 Å². The quantitative estimate of drug-likeness (QED) is 0.430. The van der Waals surface area contributed by atoms with E-state index in [0.717, 1.165) is 5.56 Å². The minimum Gasteiger partial charge on any atom is -0.467 e. The van der Waals surface area contributed by atoms with Crippen molar-refractivity contribution in [3.8, 4) is 0 Å². The van der Waals surface area contributed by atoms with Crippen LogP contribution in [0, 0.1) is 0 Å². The fourth-order valence-corrected chi connectivity index (χ4v) is 2.72. The van der Waals surface area contributed by atoms with Gasteiger partial charge in [-0.25, -0.2) is 0 Å². The van der Waals surface area contributed by atoms with Gasteiger partial charge in [0.2, 0.25) is 5.91 Å². The molecule has 3 rings (SSSR count). The molecule has 2 aromatic carbocycles. The standard InChI is InChI=1S/C22H19N3O3S/c26-20(13-12-16-7-2-1-3-8-16)25-22(29)24-19-11-5-4-10-18(19)21(27)23-15-17-9-6-14-28-17/h1-14H,15H2,(H,23,27)(H2,24,25,26,29). The molecular weight excluding hydrogens is 386 g/mol. The molecule has 29 heavy (non-hydrogen) atoms. The second-order valence-electron chi connectivity index (χ2n) is 6.00. The molecule has 0 aliphatic heterocycles. The first-order valence-electron chi connectivity index (χ1n) is 8.86. The van der Waals surface area contributed by atoms with Crippen molar-refractivity contribution >= 4 is 40.9 Å². The maximum absolute atomic E-state index is 12.5. The van der Waals surface area contributed by atoms with Gasteiger partial charge in [-0.1, -0.05) is 42.5 Å². The van der Waals surface area contributed by atoms with Crippen LogP contribution in [-0.4, -0.2) is 16.9 Å². The van der Waals surface area contributed by atoms with Gasteiger partial charge in [-0.05, 0) is 48.1 Å². The second-order valence-corrected chi connectivity index (χ2v) is 6.40. The molecule has 6 nitrogen and oxygen atoms in total. The number of carbonyl (C=O) groups is 2. The molecule has 2 amide bonds. The zero-order valence-electron chi connectivity index (χ0n) is 15.4. The first-order valence-corrected chi connectivity index (χ1v) is 9.27. The van der Waals surface area contributed by atoms with E-state index in [1.54, 1.807) is 48.7 Å². The molecule has 0 spiro atoms. The maximum atomic E-state index is 12.5. The second kappa shape index (κ2) is 10.0. The van der Waals surface area contributed by atoms with Crippen molar-refractivity contribution in [1.29, 1.82) is 0 Å². The third-order valence-electron chi connectivity index (χ3n) is 3.89. The summed E-state index contributed by atoms with van der Waals surface area (Å²) in [6.45, 7) is 0.269. The van der Waals surface area contributed by atoms with E-state index in [1.165, 1.54) is 6.08 Å². The van der Waals surface area contributed by atoms with E-state index in [2.05, 4.69) is 16.0 Å². The molecule has 0 aliphatic rings. The van der Waals surface area contributed by atoms with E-state index >= 15 is 0 Å². The van der Waals surface area contributed by atoms with Crippen LogP contribution in [0.5, 0.6) is 0 Å². The smallest absolute Gasteiger partial charge is 0.253 e. The van der Waals surface area contributed by atoms with Gasteiger partial charge < -0.3 is 15.1 Å². The van der Waals surface area contributed by atoms with Crippen LogP contribution in [0.2, 0.25) is 0 Å². The number of benzene rings is 2. The van der Waals surface area contributed by atoms with Crippen molar-refractivity contribution < 1.29 is 14.0 Å². The first-order chi connectivity index (χ1) is 14.1. The average molecular weight is 405 g/mol. The summed E-state index contributed by atoms with van der Waals surface area (Å²) in [4.78, 5) is 24.5. The Morgan fingerprint density at radius 3 is 2.48 bits per heavy atom. The number of para-hydroxylation sites is 1. The minimum atomic E-state index is -0.369. The van der Waals surface area contributed by atoms with Crippen LogP contribution in [-0.2, 0) is 11.3 Å². The van der Waals surface area contributed by atoms with Gasteiger partial charge in [0.05, 0.1) is 24.1 Å². The Hall–Kier alpha value is -3.71. The van der Waals surface area contributed by atoms with Crippen LogP contribution in [0.15, 0.2) is 83.5 Å². The van der Waals surface area contributed by atoms with Crippen LogP contribution in [0.3, 0.4) is 0 Å². The zero-order valence-corrected chi connectivity index (χ0v) is 16.2. The topological polar surface area (TPSA) is 83.4 Å². The normalized spacial score (nSPS) is 10.5. The lowest BCUT2D eigenvalue weighted by Crippen LogP contribution is -2.33. The van der Waals surface area contributed by atoms with E-state index < -0.39 is 0 Å². The number of hydrogen-bond donors (Lipinski definition) is 3. The summed E-state index contributed by atoms with van der Waals surface area (Å²) >= 11 is 5.20. The van der Waals surface area contributed by atoms with Crippen LogP contribution >= 0.6 is 12.2 Å². The van der Waals surface area contributed by atoms with E-state index in [1.807, 2.05) is 30.3 Å². The predicted octanol–water partition coefficient (Wildman–Crippen LogP) is 3.74. The van der Waals surface area contributed by atoms with Crippen LogP contribution < -0.4 is 16.0 Å². The molecular formula is C22H19N3O3S. The van der Waals surface area contributed by atoms with E-state index in [9.17, 15) is 9.59 Å². The Balaban J connectivity index is 1.58. The molecule has 3 aromatic rings. The summed E-state index contributed by atoms with van der Waals surface area (Å²) in [5.74, 6) is -0.00881. The number of nitrogens with one attached hydrogen (secondary N) is 3. The highest BCUT2D eigenvalue weighted by Crippen LogP contribution is 2.15. The Bertz CT molecular complexity index is 1010. The van der Waals surface area contributed by atoms with Crippen molar-refractivity contribution in [3.05, 3.63) is 96.0 Å². The lowest BCUT2D eigenvalue weighted by Gasteiger charge is -2.12. The van der Waals surface area contributed by atoms with Gasteiger partial charge in [0, 0.05) is 6.08 Å². The van der Waals surface area contributed by atoms with Crippen molar-refractivity contribution in [2.24, 2.45) is 0 Å². The van der Waals surface area contributed by atoms with Crippen molar-refractivity contribution in [2.75, 3.05) is 5.32 Å². The van der Waals surface area contributed by atoms with Gasteiger partial charge in [-0.2, -0.15) is 0 Å². The summed E-state index contributed by atoms with van der Waals surface area (Å²) in [5, 5.41) is 8.34. The molecule has 7 heteroatoms. The summed E-state index contributed by atoms with van der Waals surface area (Å²) in [6.07, 6.45) is 4.63. The van der Waals surface area contributed by atoms with Gasteiger partial charge in [0.15, 0.2) is 5.11 Å². The number of carbonyl (C=O) groups excluding carboxylic acids is 2. The summed E-state index contributed by atoms with van der Waals surface area (Å²) in [7, 11) is 0. The largest absolute Gasteiger partial charge is 0.467 e. The molecule has 0 atom stereocenters. The molecule has 0 bridgehead atoms. The Kier molecular flexibility index (Phi) is 6.91. The van der Waals surface area contributed by atoms with Crippen molar-refractivity contribution in [1.82, 2.24) is 10.6 Å². The average Bonchev–Trinajstić information content (AvgIpc) is 3.25. The monoisotopic (exact) mass is 405 g/mol. The molecule has 0 fully saturated rings. The Labute approximate surface area is 173 Å². The third kappa shape index (κ3) is 6.15. The third-order valence-corrected chi connectivity index (χ3v) is 4.09. The van der Waals surface area contributed by atoms with Crippen LogP contribution in [0.25, 0.3) is 6.08 Å². The van der Waals surface area contributed by atoms with Crippen LogP contribution in [0.1, 0.15) is 21.7 Å². The minimum absolute atomic E-state index is 0.0963. The summed E-state index contributed by atoms with van der Waals surface area (Å²) in [5.41, 5.74) is 1.79. The Morgan fingerprint density at radius 1 is 0.966 bits per heavy atom. The number of anilines is 1. The van der Waals surface area contributed by atoms with Crippen molar-refractivity contribution in [3.63, 3.8) is 0 Å². The lowest BCUT2D eigenvalue weighted by molar-refractivity contribution is -0.115. The number of furan rings is 1. The molecule has 1 heterocycles. The highest BCUT2D eigenvalue weighted by atomic mass is 32.1. The van der Waals surface area contributed by atoms with Crippen molar-refractivity contribution in [2.45, 2.75) is 6.54 Å². The van der Waals surface area contributed by atoms with Gasteiger partial charge >= 0.3 is 0 Å². The summed E-state index contributed by atoms with van der Waals surface area (Å²) in [6, 6.07) is 19.9. The maximum Gasteiger partial charge on any atom is 0.253 e. The van der Waals surface area contributed by atoms with Gasteiger partial charge in [-0.15, -0.1) is 0 Å². The number of amides is 2. The number of hydrogen-bond acceptors (Lipinski definition) is 4. The molecule has 146 valence electrons. The number of thiocarbonyl (C=S) groups is 1. The fourth-order valence-electron chi connectivity index (χ4n) is 2.51. The molecule has 3 N–H and O–H groups in total. The van der Waals surface area contributed by atoms with Gasteiger partial charge in [-0.3, -0.25) is 14.9 Å². The lowest BCUT2D eigenvalue weighted by atomic mass is 10.1. The van der Waals surface area contributed by atoms with Gasteiger partial charge in [0.1, 0.15) is 5.76 Å². The van der Waals surface area contributed by atoms with E-state index in [-0.39, 0.29) is 23.5 Å². The molecule has 1 aromatic heterocycles. The SMILES string of the molecule is O=C(C=Cc1ccccc1)NC(=S)Nc1ccccc1C(=O)NCc1ccco1. The molecule has 0 aliphatic carbocycles. The highest BCUT2D eigenvalue weighted by Gasteiger charge is 2.12. The summed E-state index contributed by atoms with van der Waals surface area (Å²) < 4.78 is 5.21. The predicted molar refractivity (Wildman–Crippen MR) is 116 cm³/mol. The van der Waals surface area contributed by atoms with Crippen LogP contribution in [0.4, 0.5) is 5.69 Å². The van der Waals surface area contributed by atoms with E-state index in [4.69, 9.17) is 16.6 Å². The number of rotatable bonds is 6. The molecule has 0 unspecified atom stereocenters. The Morgan fingerprint density at radius 2 is 1.72 bits per heavy atom. The molecule has 0 saturated carbocycles.